The van der Waals surface area contributed by atoms with Gasteiger partial charge in [0.25, 0.3) is 5.91 Å². The van der Waals surface area contributed by atoms with Crippen molar-refractivity contribution in [3.63, 3.8) is 0 Å². The first kappa shape index (κ1) is 22.6. The summed E-state index contributed by atoms with van der Waals surface area (Å²) in [4.78, 5) is 22.0. The molecule has 0 atom stereocenters. The first-order valence-corrected chi connectivity index (χ1v) is 12.0. The van der Waals surface area contributed by atoms with Gasteiger partial charge in [0.15, 0.2) is 5.13 Å². The van der Waals surface area contributed by atoms with Crippen LogP contribution in [-0.4, -0.2) is 62.2 Å². The van der Waals surface area contributed by atoms with Crippen molar-refractivity contribution in [1.29, 1.82) is 0 Å². The minimum absolute atomic E-state index is 0.00556. The zero-order chi connectivity index (χ0) is 22.7. The van der Waals surface area contributed by atoms with Gasteiger partial charge in [0.05, 0.1) is 17.3 Å². The van der Waals surface area contributed by atoms with Gasteiger partial charge in [-0.05, 0) is 41.3 Å². The number of aromatic nitrogens is 1. The monoisotopic (exact) mass is 452 g/mol. The van der Waals surface area contributed by atoms with E-state index >= 15 is 0 Å². The van der Waals surface area contributed by atoms with E-state index in [1.54, 1.807) is 18.4 Å². The Morgan fingerprint density at radius 1 is 1.09 bits per heavy atom. The van der Waals surface area contributed by atoms with Crippen molar-refractivity contribution in [1.82, 2.24) is 15.2 Å². The van der Waals surface area contributed by atoms with Gasteiger partial charge in [-0.2, -0.15) is 0 Å². The van der Waals surface area contributed by atoms with E-state index in [0.717, 1.165) is 59.4 Å². The van der Waals surface area contributed by atoms with Gasteiger partial charge in [-0.1, -0.05) is 44.2 Å². The minimum Gasteiger partial charge on any atom is -0.497 e. The molecule has 1 amide bonds. The van der Waals surface area contributed by atoms with Gasteiger partial charge < -0.3 is 15.0 Å². The molecule has 1 fully saturated rings. The average Bonchev–Trinajstić information content (AvgIpc) is 3.22. The summed E-state index contributed by atoms with van der Waals surface area (Å²) in [5, 5.41) is 4.13. The molecule has 0 spiro atoms. The lowest BCUT2D eigenvalue weighted by molar-refractivity contribution is 0.0947. The molecule has 170 valence electrons. The molecule has 6 nitrogen and oxygen atoms in total. The molecular formula is C25H32N4O2S. The molecule has 1 aliphatic rings. The lowest BCUT2D eigenvalue weighted by Crippen LogP contribution is -2.48. The third-order valence-corrected chi connectivity index (χ3v) is 7.03. The Hall–Kier alpha value is -2.64. The summed E-state index contributed by atoms with van der Waals surface area (Å²) in [6.45, 7) is 11.9. The number of carbonyl (C=O) groups is 1. The van der Waals surface area contributed by atoms with Crippen LogP contribution in [0.1, 0.15) is 36.7 Å². The van der Waals surface area contributed by atoms with Crippen molar-refractivity contribution in [2.24, 2.45) is 0 Å². The fourth-order valence-electron chi connectivity index (χ4n) is 3.87. The van der Waals surface area contributed by atoms with Gasteiger partial charge in [-0.25, -0.2) is 4.98 Å². The predicted octanol–water partition coefficient (Wildman–Crippen LogP) is 4.15. The van der Waals surface area contributed by atoms with E-state index in [1.165, 1.54) is 5.56 Å². The van der Waals surface area contributed by atoms with Gasteiger partial charge in [0, 0.05) is 44.8 Å². The number of carbonyl (C=O) groups excluding carboxylic acids is 1. The van der Waals surface area contributed by atoms with Gasteiger partial charge in [-0.15, -0.1) is 0 Å². The zero-order valence-corrected chi connectivity index (χ0v) is 20.2. The first-order valence-electron chi connectivity index (χ1n) is 11.1. The fraction of sp³-hybridized carbons (Fsp3) is 0.440. The van der Waals surface area contributed by atoms with Crippen LogP contribution in [0.15, 0.2) is 42.5 Å². The number of anilines is 1. The van der Waals surface area contributed by atoms with Gasteiger partial charge in [0.2, 0.25) is 0 Å². The van der Waals surface area contributed by atoms with Crippen molar-refractivity contribution in [3.8, 4) is 5.75 Å². The Balaban J connectivity index is 1.23. The molecule has 2 heterocycles. The van der Waals surface area contributed by atoms with Crippen LogP contribution in [-0.2, 0) is 5.41 Å². The number of amides is 1. The van der Waals surface area contributed by atoms with E-state index in [4.69, 9.17) is 9.72 Å². The minimum atomic E-state index is -0.00556. The quantitative estimate of drug-likeness (QED) is 0.609. The summed E-state index contributed by atoms with van der Waals surface area (Å²) in [5.74, 6) is 0.860. The number of nitrogens with one attached hydrogen (secondary N) is 1. The SMILES string of the molecule is COc1ccc2nc(N3CCN(CCNC(=O)c4ccc(C(C)(C)C)cc4)CC3)sc2c1. The first-order chi connectivity index (χ1) is 15.3. The Morgan fingerprint density at radius 2 is 1.81 bits per heavy atom. The van der Waals surface area contributed by atoms with Crippen LogP contribution in [0.2, 0.25) is 0 Å². The largest absolute Gasteiger partial charge is 0.497 e. The molecule has 32 heavy (non-hydrogen) atoms. The Morgan fingerprint density at radius 3 is 2.47 bits per heavy atom. The Kier molecular flexibility index (Phi) is 6.67. The van der Waals surface area contributed by atoms with Crippen molar-refractivity contribution in [2.75, 3.05) is 51.3 Å². The molecule has 1 N–H and O–H groups in total. The molecule has 3 aromatic rings. The standard InChI is InChI=1S/C25H32N4O2S/c1-25(2,3)19-7-5-18(6-8-19)23(30)26-11-12-28-13-15-29(16-14-28)24-27-21-10-9-20(31-4)17-22(21)32-24/h5-10,17H,11-16H2,1-4H3,(H,26,30). The number of nitrogens with zero attached hydrogens (tertiary/aromatic N) is 3. The van der Waals surface area contributed by atoms with Crippen LogP contribution in [0.3, 0.4) is 0 Å². The number of fused-ring (bicyclic) bond motifs is 1. The molecule has 0 saturated carbocycles. The highest BCUT2D eigenvalue weighted by Crippen LogP contribution is 2.31. The van der Waals surface area contributed by atoms with E-state index in [2.05, 4.69) is 35.9 Å². The van der Waals surface area contributed by atoms with Crippen LogP contribution >= 0.6 is 11.3 Å². The molecule has 2 aromatic carbocycles. The van der Waals surface area contributed by atoms with Gasteiger partial charge >= 0.3 is 0 Å². The average molecular weight is 453 g/mol. The Labute approximate surface area is 194 Å². The molecular weight excluding hydrogens is 420 g/mol. The Bertz CT molecular complexity index is 1060. The van der Waals surface area contributed by atoms with Crippen LogP contribution in [0.5, 0.6) is 5.75 Å². The van der Waals surface area contributed by atoms with Crippen LogP contribution in [0.4, 0.5) is 5.13 Å². The highest BCUT2D eigenvalue weighted by Gasteiger charge is 2.20. The van der Waals surface area contributed by atoms with Crippen molar-refractivity contribution >= 4 is 32.6 Å². The summed E-state index contributed by atoms with van der Waals surface area (Å²) in [6, 6.07) is 14.0. The van der Waals surface area contributed by atoms with E-state index in [1.807, 2.05) is 42.5 Å². The lowest BCUT2D eigenvalue weighted by Gasteiger charge is -2.34. The second-order valence-electron chi connectivity index (χ2n) is 9.24. The maximum atomic E-state index is 12.5. The van der Waals surface area contributed by atoms with Crippen LogP contribution < -0.4 is 15.0 Å². The van der Waals surface area contributed by atoms with Crippen molar-refractivity contribution in [2.45, 2.75) is 26.2 Å². The molecule has 0 radical (unpaired) electrons. The summed E-state index contributed by atoms with van der Waals surface area (Å²) < 4.78 is 6.47. The molecule has 0 aliphatic carbocycles. The van der Waals surface area contributed by atoms with Crippen LogP contribution in [0.25, 0.3) is 10.2 Å². The number of thiazole rings is 1. The molecule has 7 heteroatoms. The molecule has 0 bridgehead atoms. The summed E-state index contributed by atoms with van der Waals surface area (Å²) in [6.07, 6.45) is 0. The van der Waals surface area contributed by atoms with E-state index < -0.39 is 0 Å². The molecule has 1 saturated heterocycles. The number of ether oxygens (including phenoxy) is 1. The predicted molar refractivity (Wildman–Crippen MR) is 132 cm³/mol. The number of rotatable bonds is 6. The molecule has 4 rings (SSSR count). The molecule has 1 aliphatic heterocycles. The summed E-state index contributed by atoms with van der Waals surface area (Å²) in [7, 11) is 1.69. The van der Waals surface area contributed by atoms with Gasteiger partial charge in [0.1, 0.15) is 5.75 Å². The third kappa shape index (κ3) is 5.22. The molecule has 0 unspecified atom stereocenters. The van der Waals surface area contributed by atoms with Gasteiger partial charge in [-0.3, -0.25) is 9.69 Å². The number of methoxy groups -OCH3 is 1. The van der Waals surface area contributed by atoms with E-state index in [0.29, 0.717) is 6.54 Å². The highest BCUT2D eigenvalue weighted by molar-refractivity contribution is 7.22. The molecule has 1 aromatic heterocycles. The summed E-state index contributed by atoms with van der Waals surface area (Å²) in [5.41, 5.74) is 3.07. The lowest BCUT2D eigenvalue weighted by atomic mass is 9.87. The smallest absolute Gasteiger partial charge is 0.251 e. The fourth-order valence-corrected chi connectivity index (χ4v) is 4.91. The third-order valence-electron chi connectivity index (χ3n) is 5.95. The number of hydrogen-bond acceptors (Lipinski definition) is 6. The van der Waals surface area contributed by atoms with E-state index in [9.17, 15) is 4.79 Å². The number of piperazine rings is 1. The van der Waals surface area contributed by atoms with E-state index in [-0.39, 0.29) is 11.3 Å². The van der Waals surface area contributed by atoms with Crippen molar-refractivity contribution in [3.05, 3.63) is 53.6 Å². The van der Waals surface area contributed by atoms with Crippen molar-refractivity contribution < 1.29 is 9.53 Å². The second kappa shape index (κ2) is 9.46. The maximum Gasteiger partial charge on any atom is 0.251 e. The number of hydrogen-bond donors (Lipinski definition) is 1. The number of benzene rings is 2. The topological polar surface area (TPSA) is 57.7 Å². The normalized spacial score (nSPS) is 15.2. The maximum absolute atomic E-state index is 12.5. The second-order valence-corrected chi connectivity index (χ2v) is 10.3. The van der Waals surface area contributed by atoms with Crippen LogP contribution in [0, 0.1) is 0 Å². The zero-order valence-electron chi connectivity index (χ0n) is 19.4. The highest BCUT2D eigenvalue weighted by atomic mass is 32.1. The summed E-state index contributed by atoms with van der Waals surface area (Å²) >= 11 is 1.72.